The SMILES string of the molecule is Cc1cc(NC(c2nc(C)cs2)C2CC2)nc(C)n1. The van der Waals surface area contributed by atoms with Gasteiger partial charge in [-0.3, -0.25) is 0 Å². The van der Waals surface area contributed by atoms with Gasteiger partial charge in [-0.2, -0.15) is 0 Å². The van der Waals surface area contributed by atoms with Crippen molar-refractivity contribution in [2.75, 3.05) is 5.32 Å². The zero-order valence-electron chi connectivity index (χ0n) is 11.5. The molecule has 1 atom stereocenters. The smallest absolute Gasteiger partial charge is 0.130 e. The van der Waals surface area contributed by atoms with E-state index in [0.717, 1.165) is 23.0 Å². The molecule has 1 saturated carbocycles. The highest BCUT2D eigenvalue weighted by Gasteiger charge is 2.34. The van der Waals surface area contributed by atoms with E-state index < -0.39 is 0 Å². The highest BCUT2D eigenvalue weighted by molar-refractivity contribution is 7.09. The van der Waals surface area contributed by atoms with Crippen LogP contribution in [0.2, 0.25) is 0 Å². The molecule has 0 bridgehead atoms. The molecule has 2 heterocycles. The highest BCUT2D eigenvalue weighted by atomic mass is 32.1. The summed E-state index contributed by atoms with van der Waals surface area (Å²) in [6.45, 7) is 5.97. The molecule has 1 aliphatic rings. The van der Waals surface area contributed by atoms with Crippen LogP contribution in [0.15, 0.2) is 11.4 Å². The molecule has 1 N–H and O–H groups in total. The molecule has 0 aromatic carbocycles. The molecule has 0 aliphatic heterocycles. The normalized spacial score (nSPS) is 16.4. The van der Waals surface area contributed by atoms with Gasteiger partial charge in [0.1, 0.15) is 16.6 Å². The topological polar surface area (TPSA) is 50.7 Å². The molecule has 5 heteroatoms. The predicted octanol–water partition coefficient (Wildman–Crippen LogP) is 3.42. The van der Waals surface area contributed by atoms with Crippen molar-refractivity contribution in [3.8, 4) is 0 Å². The van der Waals surface area contributed by atoms with Crippen LogP contribution in [0.5, 0.6) is 0 Å². The van der Waals surface area contributed by atoms with Gasteiger partial charge in [-0.25, -0.2) is 15.0 Å². The summed E-state index contributed by atoms with van der Waals surface area (Å²) < 4.78 is 0. The average molecular weight is 274 g/mol. The van der Waals surface area contributed by atoms with Gasteiger partial charge in [0, 0.05) is 22.8 Å². The minimum atomic E-state index is 0.299. The number of aryl methyl sites for hydroxylation is 3. The van der Waals surface area contributed by atoms with Crippen molar-refractivity contribution < 1.29 is 0 Å². The number of nitrogens with one attached hydrogen (secondary N) is 1. The van der Waals surface area contributed by atoms with E-state index in [4.69, 9.17) is 0 Å². The summed E-state index contributed by atoms with van der Waals surface area (Å²) in [5.74, 6) is 2.42. The summed E-state index contributed by atoms with van der Waals surface area (Å²) in [7, 11) is 0. The van der Waals surface area contributed by atoms with E-state index in [-0.39, 0.29) is 0 Å². The predicted molar refractivity (Wildman–Crippen MR) is 77.4 cm³/mol. The highest BCUT2D eigenvalue weighted by Crippen LogP contribution is 2.43. The van der Waals surface area contributed by atoms with Crippen molar-refractivity contribution in [1.29, 1.82) is 0 Å². The van der Waals surface area contributed by atoms with Crippen LogP contribution in [0, 0.1) is 26.7 Å². The zero-order valence-corrected chi connectivity index (χ0v) is 12.3. The average Bonchev–Trinajstić information content (AvgIpc) is 3.07. The molecule has 0 amide bonds. The maximum Gasteiger partial charge on any atom is 0.130 e. The lowest BCUT2D eigenvalue weighted by Gasteiger charge is -2.17. The van der Waals surface area contributed by atoms with Crippen LogP contribution >= 0.6 is 11.3 Å². The van der Waals surface area contributed by atoms with E-state index in [0.29, 0.717) is 12.0 Å². The molecule has 0 spiro atoms. The first-order valence-electron chi connectivity index (χ1n) is 6.62. The molecular weight excluding hydrogens is 256 g/mol. The Morgan fingerprint density at radius 1 is 1.16 bits per heavy atom. The number of thiazole rings is 1. The number of nitrogens with zero attached hydrogens (tertiary/aromatic N) is 3. The van der Waals surface area contributed by atoms with Crippen molar-refractivity contribution in [3.63, 3.8) is 0 Å². The molecule has 3 rings (SSSR count). The summed E-state index contributed by atoms with van der Waals surface area (Å²) in [5.41, 5.74) is 2.10. The van der Waals surface area contributed by atoms with E-state index in [2.05, 4.69) is 25.6 Å². The van der Waals surface area contributed by atoms with E-state index >= 15 is 0 Å². The lowest BCUT2D eigenvalue weighted by Crippen LogP contribution is -2.14. The van der Waals surface area contributed by atoms with Gasteiger partial charge in [0.05, 0.1) is 6.04 Å². The van der Waals surface area contributed by atoms with Gasteiger partial charge in [0.25, 0.3) is 0 Å². The Morgan fingerprint density at radius 2 is 1.95 bits per heavy atom. The molecule has 19 heavy (non-hydrogen) atoms. The van der Waals surface area contributed by atoms with Crippen LogP contribution in [0.1, 0.15) is 41.1 Å². The molecular formula is C14H18N4S. The fourth-order valence-electron chi connectivity index (χ4n) is 2.28. The quantitative estimate of drug-likeness (QED) is 0.928. The van der Waals surface area contributed by atoms with Crippen molar-refractivity contribution in [2.24, 2.45) is 5.92 Å². The fraction of sp³-hybridized carbons (Fsp3) is 0.500. The number of hydrogen-bond acceptors (Lipinski definition) is 5. The molecule has 1 fully saturated rings. The Kier molecular flexibility index (Phi) is 3.22. The maximum atomic E-state index is 4.63. The Hall–Kier alpha value is -1.49. The molecule has 4 nitrogen and oxygen atoms in total. The molecule has 2 aromatic rings. The molecule has 1 aliphatic carbocycles. The van der Waals surface area contributed by atoms with Gasteiger partial charge < -0.3 is 5.32 Å². The summed E-state index contributed by atoms with van der Waals surface area (Å²) in [5, 5.41) is 6.84. The first-order valence-corrected chi connectivity index (χ1v) is 7.50. The van der Waals surface area contributed by atoms with Crippen molar-refractivity contribution >= 4 is 17.2 Å². The largest absolute Gasteiger partial charge is 0.360 e. The van der Waals surface area contributed by atoms with Gasteiger partial charge in [0.2, 0.25) is 0 Å². The standard InChI is InChI=1S/C14H18N4S/c1-8-6-12(17-10(3)15-8)18-13(11-4-5-11)14-16-9(2)7-19-14/h6-7,11,13H,4-5H2,1-3H3,(H,15,17,18). The third-order valence-corrected chi connectivity index (χ3v) is 4.31. The monoisotopic (exact) mass is 274 g/mol. The molecule has 2 aromatic heterocycles. The van der Waals surface area contributed by atoms with Gasteiger partial charge in [-0.1, -0.05) is 0 Å². The Balaban J connectivity index is 1.85. The molecule has 100 valence electrons. The van der Waals surface area contributed by atoms with Gasteiger partial charge in [0.15, 0.2) is 0 Å². The Labute approximate surface area is 117 Å². The number of hydrogen-bond donors (Lipinski definition) is 1. The molecule has 1 unspecified atom stereocenters. The lowest BCUT2D eigenvalue weighted by atomic mass is 10.2. The van der Waals surface area contributed by atoms with Crippen molar-refractivity contribution in [1.82, 2.24) is 15.0 Å². The van der Waals surface area contributed by atoms with Crippen LogP contribution in [-0.4, -0.2) is 15.0 Å². The Bertz CT molecular complexity index is 569. The summed E-state index contributed by atoms with van der Waals surface area (Å²) >= 11 is 1.74. The van der Waals surface area contributed by atoms with E-state index in [9.17, 15) is 0 Å². The van der Waals surface area contributed by atoms with Crippen molar-refractivity contribution in [3.05, 3.63) is 33.7 Å². The van der Waals surface area contributed by atoms with E-state index in [1.807, 2.05) is 26.8 Å². The summed E-state index contributed by atoms with van der Waals surface area (Å²) in [6.07, 6.45) is 2.55. The van der Waals surface area contributed by atoms with Gasteiger partial charge in [-0.05, 0) is 39.5 Å². The fourth-order valence-corrected chi connectivity index (χ4v) is 3.21. The number of anilines is 1. The molecule has 0 saturated heterocycles. The second-order valence-electron chi connectivity index (χ2n) is 5.23. The lowest BCUT2D eigenvalue weighted by molar-refractivity contribution is 0.667. The van der Waals surface area contributed by atoms with Crippen LogP contribution in [0.4, 0.5) is 5.82 Å². The maximum absolute atomic E-state index is 4.63. The first kappa shape index (κ1) is 12.5. The van der Waals surface area contributed by atoms with E-state index in [1.54, 1.807) is 11.3 Å². The van der Waals surface area contributed by atoms with Gasteiger partial charge in [-0.15, -0.1) is 11.3 Å². The third kappa shape index (κ3) is 2.92. The van der Waals surface area contributed by atoms with Crippen LogP contribution in [-0.2, 0) is 0 Å². The minimum absolute atomic E-state index is 0.299. The minimum Gasteiger partial charge on any atom is -0.360 e. The third-order valence-electron chi connectivity index (χ3n) is 3.27. The zero-order chi connectivity index (χ0) is 13.4. The van der Waals surface area contributed by atoms with Crippen molar-refractivity contribution in [2.45, 2.75) is 39.7 Å². The Morgan fingerprint density at radius 3 is 2.53 bits per heavy atom. The van der Waals surface area contributed by atoms with Crippen LogP contribution in [0.3, 0.4) is 0 Å². The number of rotatable bonds is 4. The summed E-state index contributed by atoms with van der Waals surface area (Å²) in [4.78, 5) is 13.4. The van der Waals surface area contributed by atoms with Crippen LogP contribution in [0.25, 0.3) is 0 Å². The van der Waals surface area contributed by atoms with Gasteiger partial charge >= 0.3 is 0 Å². The summed E-state index contributed by atoms with van der Waals surface area (Å²) in [6, 6.07) is 2.30. The van der Waals surface area contributed by atoms with Crippen LogP contribution < -0.4 is 5.32 Å². The second-order valence-corrected chi connectivity index (χ2v) is 6.12. The first-order chi connectivity index (χ1) is 9.11. The number of aromatic nitrogens is 3. The van der Waals surface area contributed by atoms with E-state index in [1.165, 1.54) is 17.8 Å². The molecule has 0 radical (unpaired) electrons. The second kappa shape index (κ2) is 4.89.